The van der Waals surface area contributed by atoms with E-state index in [0.29, 0.717) is 0 Å². The van der Waals surface area contributed by atoms with Crippen LogP contribution in [0, 0.1) is 0 Å². The molecule has 1 aromatic carbocycles. The van der Waals surface area contributed by atoms with E-state index in [9.17, 15) is 5.11 Å². The van der Waals surface area contributed by atoms with Crippen LogP contribution in [0.2, 0.25) is 0 Å². The molecule has 1 atom stereocenters. The van der Waals surface area contributed by atoms with Crippen molar-refractivity contribution in [3.05, 3.63) is 47.2 Å². The summed E-state index contributed by atoms with van der Waals surface area (Å²) in [6.07, 6.45) is 2.94. The van der Waals surface area contributed by atoms with Gasteiger partial charge in [0.2, 0.25) is 0 Å². The maximum atomic E-state index is 9.72. The van der Waals surface area contributed by atoms with Gasteiger partial charge in [-0.25, -0.2) is 0 Å². The Morgan fingerprint density at radius 2 is 2.11 bits per heavy atom. The highest BCUT2D eigenvalue weighted by Gasteiger charge is 2.27. The van der Waals surface area contributed by atoms with Crippen molar-refractivity contribution in [2.75, 3.05) is 0 Å². The Hall–Kier alpha value is -1.33. The summed E-state index contributed by atoms with van der Waals surface area (Å²) in [5, 5.41) is 16.8. The van der Waals surface area contributed by atoms with Gasteiger partial charge >= 0.3 is 0 Å². The molecule has 0 saturated heterocycles. The zero-order valence-electron chi connectivity index (χ0n) is 10.5. The third-order valence-electron chi connectivity index (χ3n) is 3.42. The monoisotopic (exact) mass is 324 g/mol. The van der Waals surface area contributed by atoms with Crippen molar-refractivity contribution in [2.24, 2.45) is 0 Å². The Kier molecular flexibility index (Phi) is 4.61. The molecular weight excluding hydrogens is 308 g/mol. The lowest BCUT2D eigenvalue weighted by atomic mass is 9.93. The second-order valence-corrected chi connectivity index (χ2v) is 4.65. The normalized spacial score (nSPS) is 17.6. The minimum atomic E-state index is 0. The molecule has 2 aromatic rings. The molecule has 1 aromatic heterocycles. The first-order chi connectivity index (χ1) is 8.84. The molecule has 1 unspecified atom stereocenters. The largest absolute Gasteiger partial charge is 0.491 e. The number of nitrogens with one attached hydrogen (secondary N) is 1. The van der Waals surface area contributed by atoms with Crippen LogP contribution < -0.4 is 5.32 Å². The number of aryl methyl sites for hydroxylation is 1. The Labute approximate surface area is 122 Å². The van der Waals surface area contributed by atoms with Crippen molar-refractivity contribution in [2.45, 2.75) is 31.8 Å². The fourth-order valence-corrected chi connectivity index (χ4v) is 2.50. The lowest BCUT2D eigenvalue weighted by Gasteiger charge is -2.22. The van der Waals surface area contributed by atoms with E-state index in [1.807, 2.05) is 18.2 Å². The molecule has 0 saturated carbocycles. The topological polar surface area (TPSA) is 58.3 Å². The van der Waals surface area contributed by atoms with Gasteiger partial charge in [-0.1, -0.05) is 30.3 Å². The maximum Gasteiger partial charge on any atom is 0.256 e. The molecule has 0 radical (unpaired) electrons. The number of hydrogen-bond donors (Lipinski definition) is 2. The highest BCUT2D eigenvalue weighted by molar-refractivity contribution is 8.93. The maximum absolute atomic E-state index is 9.72. The molecule has 4 nitrogen and oxygen atoms in total. The Balaban J connectivity index is 0.00000133. The molecule has 2 N–H and O–H groups in total. The van der Waals surface area contributed by atoms with Gasteiger partial charge < -0.3 is 14.9 Å². The minimum Gasteiger partial charge on any atom is -0.491 e. The van der Waals surface area contributed by atoms with Crippen LogP contribution in [-0.4, -0.2) is 10.3 Å². The number of aromatic hydroxyl groups is 1. The van der Waals surface area contributed by atoms with Crippen LogP contribution in [0.15, 0.2) is 34.9 Å². The van der Waals surface area contributed by atoms with E-state index in [4.69, 9.17) is 4.52 Å². The molecule has 0 spiro atoms. The SMILES string of the molecule is Br.Oc1noc2c1C(NCc1ccccc1)CCC2. The van der Waals surface area contributed by atoms with Crippen LogP contribution >= 0.6 is 17.0 Å². The molecule has 5 heteroatoms. The zero-order valence-corrected chi connectivity index (χ0v) is 12.2. The molecule has 102 valence electrons. The Bertz CT molecular complexity index is 527. The number of halogens is 1. The molecule has 1 aliphatic carbocycles. The third-order valence-corrected chi connectivity index (χ3v) is 3.42. The second kappa shape index (κ2) is 6.21. The molecule has 0 aliphatic heterocycles. The van der Waals surface area contributed by atoms with E-state index >= 15 is 0 Å². The molecule has 1 heterocycles. The van der Waals surface area contributed by atoms with Crippen molar-refractivity contribution in [1.82, 2.24) is 10.5 Å². The van der Waals surface area contributed by atoms with Crippen molar-refractivity contribution >= 4 is 17.0 Å². The summed E-state index contributed by atoms with van der Waals surface area (Å²) in [6, 6.07) is 10.4. The smallest absolute Gasteiger partial charge is 0.256 e. The number of rotatable bonds is 3. The van der Waals surface area contributed by atoms with E-state index in [2.05, 4.69) is 22.6 Å². The van der Waals surface area contributed by atoms with Crippen LogP contribution in [0.25, 0.3) is 0 Å². The summed E-state index contributed by atoms with van der Waals surface area (Å²) >= 11 is 0. The van der Waals surface area contributed by atoms with E-state index in [0.717, 1.165) is 37.1 Å². The van der Waals surface area contributed by atoms with Gasteiger partial charge in [-0.15, -0.1) is 17.0 Å². The molecule has 19 heavy (non-hydrogen) atoms. The summed E-state index contributed by atoms with van der Waals surface area (Å²) in [5.41, 5.74) is 2.08. The van der Waals surface area contributed by atoms with Crippen molar-refractivity contribution < 1.29 is 9.63 Å². The number of nitrogens with zero attached hydrogens (tertiary/aromatic N) is 1. The van der Waals surface area contributed by atoms with Gasteiger partial charge in [-0.3, -0.25) is 0 Å². The van der Waals surface area contributed by atoms with Crippen LogP contribution in [-0.2, 0) is 13.0 Å². The van der Waals surface area contributed by atoms with Crippen molar-refractivity contribution in [3.8, 4) is 5.88 Å². The van der Waals surface area contributed by atoms with Crippen LogP contribution in [0.1, 0.15) is 35.8 Å². The lowest BCUT2D eigenvalue weighted by Crippen LogP contribution is -2.24. The Morgan fingerprint density at radius 1 is 1.32 bits per heavy atom. The predicted molar refractivity (Wildman–Crippen MR) is 77.5 cm³/mol. The predicted octanol–water partition coefficient (Wildman–Crippen LogP) is 3.13. The molecule has 3 rings (SSSR count). The minimum absolute atomic E-state index is 0. The first-order valence-electron chi connectivity index (χ1n) is 6.29. The van der Waals surface area contributed by atoms with Crippen LogP contribution in [0.4, 0.5) is 0 Å². The van der Waals surface area contributed by atoms with E-state index < -0.39 is 0 Å². The average molecular weight is 325 g/mol. The number of aromatic nitrogens is 1. The lowest BCUT2D eigenvalue weighted by molar-refractivity contribution is 0.336. The molecule has 1 aliphatic rings. The first kappa shape index (κ1) is 14.1. The number of benzene rings is 1. The summed E-state index contributed by atoms with van der Waals surface area (Å²) in [4.78, 5) is 0. The van der Waals surface area contributed by atoms with Gasteiger partial charge in [0, 0.05) is 19.0 Å². The van der Waals surface area contributed by atoms with Gasteiger partial charge in [0.25, 0.3) is 5.88 Å². The summed E-state index contributed by atoms with van der Waals surface area (Å²) in [7, 11) is 0. The average Bonchev–Trinajstić information content (AvgIpc) is 2.80. The summed E-state index contributed by atoms with van der Waals surface area (Å²) in [5.74, 6) is 0.861. The highest BCUT2D eigenvalue weighted by atomic mass is 79.9. The quantitative estimate of drug-likeness (QED) is 0.910. The number of hydrogen-bond acceptors (Lipinski definition) is 4. The third kappa shape index (κ3) is 2.98. The highest BCUT2D eigenvalue weighted by Crippen LogP contribution is 2.35. The van der Waals surface area contributed by atoms with E-state index in [1.165, 1.54) is 5.56 Å². The van der Waals surface area contributed by atoms with Crippen LogP contribution in [0.5, 0.6) is 5.88 Å². The zero-order chi connectivity index (χ0) is 12.4. The molecule has 0 fully saturated rings. The van der Waals surface area contributed by atoms with Crippen molar-refractivity contribution in [1.29, 1.82) is 0 Å². The number of fused-ring (bicyclic) bond motifs is 1. The van der Waals surface area contributed by atoms with Crippen molar-refractivity contribution in [3.63, 3.8) is 0 Å². The van der Waals surface area contributed by atoms with Gasteiger partial charge in [-0.05, 0) is 23.6 Å². The molecular formula is C14H17BrN2O2. The van der Waals surface area contributed by atoms with E-state index in [1.54, 1.807) is 0 Å². The van der Waals surface area contributed by atoms with Crippen LogP contribution in [0.3, 0.4) is 0 Å². The van der Waals surface area contributed by atoms with Gasteiger partial charge in [0.1, 0.15) is 5.76 Å². The summed E-state index contributed by atoms with van der Waals surface area (Å²) in [6.45, 7) is 0.787. The van der Waals surface area contributed by atoms with E-state index in [-0.39, 0.29) is 28.9 Å². The molecule has 0 amide bonds. The Morgan fingerprint density at radius 3 is 2.89 bits per heavy atom. The molecule has 0 bridgehead atoms. The second-order valence-electron chi connectivity index (χ2n) is 4.65. The van der Waals surface area contributed by atoms with Gasteiger partial charge in [-0.2, -0.15) is 0 Å². The first-order valence-corrected chi connectivity index (χ1v) is 6.29. The fraction of sp³-hybridized carbons (Fsp3) is 0.357. The summed E-state index contributed by atoms with van der Waals surface area (Å²) < 4.78 is 5.13. The van der Waals surface area contributed by atoms with Gasteiger partial charge in [0.15, 0.2) is 0 Å². The fourth-order valence-electron chi connectivity index (χ4n) is 2.50. The standard InChI is InChI=1S/C14H16N2O2.BrH/c17-14-13-11(7-4-8-12(13)18-16-14)15-9-10-5-2-1-3-6-10;/h1-3,5-6,11,15H,4,7-9H2,(H,16,17);1H. The van der Waals surface area contributed by atoms with Gasteiger partial charge in [0.05, 0.1) is 5.56 Å².